The number of anilines is 1. The normalized spacial score (nSPS) is 19.4. The minimum atomic E-state index is -0.663. The molecule has 2 aliphatic rings. The maximum Gasteiger partial charge on any atom is 0.255 e. The van der Waals surface area contributed by atoms with Crippen LogP contribution in [0.25, 0.3) is 0 Å². The summed E-state index contributed by atoms with van der Waals surface area (Å²) in [5, 5.41) is 2.95. The van der Waals surface area contributed by atoms with E-state index in [0.29, 0.717) is 38.9 Å². The molecule has 0 radical (unpaired) electrons. The predicted octanol–water partition coefficient (Wildman–Crippen LogP) is 2.98. The lowest BCUT2D eigenvalue weighted by Crippen LogP contribution is -2.54. The zero-order chi connectivity index (χ0) is 22.0. The molecule has 1 atom stereocenters. The van der Waals surface area contributed by atoms with Crippen LogP contribution in [0.2, 0.25) is 0 Å². The second-order valence-corrected chi connectivity index (χ2v) is 8.40. The maximum atomic E-state index is 13.0. The third-order valence-electron chi connectivity index (χ3n) is 6.31. The highest BCUT2D eigenvalue weighted by Gasteiger charge is 2.47. The number of likely N-dealkylation sites (tertiary alicyclic amines) is 1. The predicted molar refractivity (Wildman–Crippen MR) is 120 cm³/mol. The second-order valence-electron chi connectivity index (χ2n) is 8.40. The molecule has 1 aromatic heterocycles. The minimum Gasteiger partial charge on any atom is -0.352 e. The van der Waals surface area contributed by atoms with Crippen LogP contribution in [0, 0.1) is 0 Å². The van der Waals surface area contributed by atoms with E-state index in [2.05, 4.69) is 10.3 Å². The molecule has 1 fully saturated rings. The van der Waals surface area contributed by atoms with Crippen LogP contribution >= 0.6 is 0 Å². The van der Waals surface area contributed by atoms with Crippen molar-refractivity contribution in [1.29, 1.82) is 0 Å². The Hall–Kier alpha value is -3.45. The number of carbonyl (C=O) groups is 2. The van der Waals surface area contributed by atoms with Crippen LogP contribution in [0.1, 0.15) is 24.2 Å². The van der Waals surface area contributed by atoms with Gasteiger partial charge in [-0.2, -0.15) is 0 Å². The van der Waals surface area contributed by atoms with Crippen molar-refractivity contribution in [3.05, 3.63) is 84.4 Å². The summed E-state index contributed by atoms with van der Waals surface area (Å²) in [5.41, 5.74) is 1.09. The van der Waals surface area contributed by atoms with Gasteiger partial charge in [-0.05, 0) is 17.7 Å². The molecule has 7 nitrogen and oxygen atoms in total. The van der Waals surface area contributed by atoms with Crippen molar-refractivity contribution in [2.45, 2.75) is 37.5 Å². The van der Waals surface area contributed by atoms with Crippen molar-refractivity contribution in [2.24, 2.45) is 0 Å². The number of imidazole rings is 1. The van der Waals surface area contributed by atoms with Gasteiger partial charge in [0.2, 0.25) is 5.91 Å². The largest absolute Gasteiger partial charge is 0.352 e. The van der Waals surface area contributed by atoms with Gasteiger partial charge >= 0.3 is 0 Å². The lowest BCUT2D eigenvalue weighted by atomic mass is 9.88. The van der Waals surface area contributed by atoms with Crippen molar-refractivity contribution in [3.63, 3.8) is 0 Å². The fourth-order valence-electron chi connectivity index (χ4n) is 4.62. The summed E-state index contributed by atoms with van der Waals surface area (Å²) in [6.07, 6.45) is 4.65. The van der Waals surface area contributed by atoms with Gasteiger partial charge in [0.25, 0.3) is 5.91 Å². The molecule has 0 bridgehead atoms. The summed E-state index contributed by atoms with van der Waals surface area (Å²) < 4.78 is 8.46. The van der Waals surface area contributed by atoms with Crippen LogP contribution in [-0.2, 0) is 32.9 Å². The molecule has 0 saturated carbocycles. The Bertz CT molecular complexity index is 1090. The number of para-hydroxylation sites is 1. The van der Waals surface area contributed by atoms with E-state index in [9.17, 15) is 9.59 Å². The molecule has 164 valence electrons. The first-order valence-electron chi connectivity index (χ1n) is 11.0. The zero-order valence-corrected chi connectivity index (χ0v) is 17.8. The first-order valence-corrected chi connectivity index (χ1v) is 11.0. The van der Waals surface area contributed by atoms with Gasteiger partial charge < -0.3 is 19.5 Å². The Labute approximate surface area is 187 Å². The Kier molecular flexibility index (Phi) is 5.49. The van der Waals surface area contributed by atoms with Crippen molar-refractivity contribution >= 4 is 17.5 Å². The summed E-state index contributed by atoms with van der Waals surface area (Å²) in [7, 11) is 0. The lowest BCUT2D eigenvalue weighted by molar-refractivity contribution is -0.172. The molecule has 3 aromatic rings. The molecule has 2 aromatic carbocycles. The van der Waals surface area contributed by atoms with Gasteiger partial charge in [0.05, 0.1) is 13.0 Å². The van der Waals surface area contributed by atoms with Crippen molar-refractivity contribution < 1.29 is 14.3 Å². The Morgan fingerprint density at radius 1 is 1.03 bits per heavy atom. The number of carbonyl (C=O) groups excluding carboxylic acids is 2. The molecular formula is C25H26N4O3. The van der Waals surface area contributed by atoms with E-state index in [4.69, 9.17) is 4.74 Å². The molecular weight excluding hydrogens is 404 g/mol. The Balaban J connectivity index is 1.28. The van der Waals surface area contributed by atoms with E-state index in [1.807, 2.05) is 76.3 Å². The standard InChI is InChI=1S/C25H26N4O3/c30-22(17-19-7-3-1-4-8-19)28-14-11-25(12-15-28)24-26-13-16-29(24)18-21(32-25)23(31)27-20-9-5-2-6-10-20/h1-10,13,16,21H,11-12,14-15,17-18H2,(H,27,31). The van der Waals surface area contributed by atoms with E-state index in [1.54, 1.807) is 6.20 Å². The summed E-state index contributed by atoms with van der Waals surface area (Å²) in [6, 6.07) is 19.2. The maximum absolute atomic E-state index is 13.0. The molecule has 2 amide bonds. The fourth-order valence-corrected chi connectivity index (χ4v) is 4.62. The number of piperidine rings is 1. The van der Waals surface area contributed by atoms with Crippen LogP contribution in [0.5, 0.6) is 0 Å². The van der Waals surface area contributed by atoms with Crippen LogP contribution in [0.15, 0.2) is 73.1 Å². The number of hydrogen-bond acceptors (Lipinski definition) is 4. The van der Waals surface area contributed by atoms with Crippen molar-refractivity contribution in [3.8, 4) is 0 Å². The van der Waals surface area contributed by atoms with Gasteiger partial charge in [-0.15, -0.1) is 0 Å². The molecule has 7 heteroatoms. The molecule has 3 heterocycles. The topological polar surface area (TPSA) is 76.5 Å². The number of rotatable bonds is 4. The summed E-state index contributed by atoms with van der Waals surface area (Å²) >= 11 is 0. The average Bonchev–Trinajstić information content (AvgIpc) is 3.31. The summed E-state index contributed by atoms with van der Waals surface area (Å²) in [5.74, 6) is 0.789. The second kappa shape index (κ2) is 8.59. The van der Waals surface area contributed by atoms with Crippen LogP contribution in [0.4, 0.5) is 5.69 Å². The monoisotopic (exact) mass is 430 g/mol. The first-order chi connectivity index (χ1) is 15.6. The van der Waals surface area contributed by atoms with E-state index >= 15 is 0 Å². The summed E-state index contributed by atoms with van der Waals surface area (Å²) in [4.78, 5) is 32.2. The van der Waals surface area contributed by atoms with Crippen LogP contribution < -0.4 is 5.32 Å². The van der Waals surface area contributed by atoms with E-state index in [-0.39, 0.29) is 11.8 Å². The van der Waals surface area contributed by atoms with Gasteiger partial charge in [0, 0.05) is 44.0 Å². The Morgan fingerprint density at radius 2 is 1.72 bits per heavy atom. The molecule has 5 rings (SSSR count). The van der Waals surface area contributed by atoms with E-state index in [0.717, 1.165) is 17.1 Å². The average molecular weight is 431 g/mol. The minimum absolute atomic E-state index is 0.114. The molecule has 1 unspecified atom stereocenters. The van der Waals surface area contributed by atoms with Gasteiger partial charge in [0.1, 0.15) is 11.4 Å². The number of aromatic nitrogens is 2. The van der Waals surface area contributed by atoms with Crippen molar-refractivity contribution in [1.82, 2.24) is 14.5 Å². The lowest BCUT2D eigenvalue weighted by Gasteiger charge is -2.45. The number of benzene rings is 2. The first kappa shape index (κ1) is 20.5. The number of ether oxygens (including phenoxy) is 1. The number of nitrogens with one attached hydrogen (secondary N) is 1. The smallest absolute Gasteiger partial charge is 0.255 e. The highest BCUT2D eigenvalue weighted by Crippen LogP contribution is 2.40. The van der Waals surface area contributed by atoms with Crippen molar-refractivity contribution in [2.75, 3.05) is 18.4 Å². The third kappa shape index (κ3) is 4.03. The van der Waals surface area contributed by atoms with Gasteiger partial charge in [-0.25, -0.2) is 4.98 Å². The molecule has 1 spiro atoms. The SMILES string of the molecule is O=C(Nc1ccccc1)C1Cn2ccnc2C2(CCN(C(=O)Cc3ccccc3)CC2)O1. The fraction of sp³-hybridized carbons (Fsp3) is 0.320. The molecule has 0 aliphatic carbocycles. The van der Waals surface area contributed by atoms with E-state index in [1.165, 1.54) is 0 Å². The number of fused-ring (bicyclic) bond motifs is 2. The van der Waals surface area contributed by atoms with Gasteiger partial charge in [-0.3, -0.25) is 9.59 Å². The summed E-state index contributed by atoms with van der Waals surface area (Å²) in [6.45, 7) is 1.57. The quantitative estimate of drug-likeness (QED) is 0.691. The van der Waals surface area contributed by atoms with Crippen LogP contribution in [-0.4, -0.2) is 45.5 Å². The number of hydrogen-bond donors (Lipinski definition) is 1. The van der Waals surface area contributed by atoms with E-state index < -0.39 is 11.7 Å². The molecule has 2 aliphatic heterocycles. The molecule has 1 N–H and O–H groups in total. The molecule has 1 saturated heterocycles. The van der Waals surface area contributed by atoms with Gasteiger partial charge in [0.15, 0.2) is 6.10 Å². The number of amides is 2. The van der Waals surface area contributed by atoms with Gasteiger partial charge in [-0.1, -0.05) is 48.5 Å². The highest BCUT2D eigenvalue weighted by atomic mass is 16.5. The third-order valence-corrected chi connectivity index (χ3v) is 6.31. The zero-order valence-electron chi connectivity index (χ0n) is 17.8. The molecule has 32 heavy (non-hydrogen) atoms. The highest BCUT2D eigenvalue weighted by molar-refractivity contribution is 5.94. The number of nitrogens with zero attached hydrogens (tertiary/aromatic N) is 3. The van der Waals surface area contributed by atoms with Crippen LogP contribution in [0.3, 0.4) is 0 Å². The Morgan fingerprint density at radius 3 is 2.44 bits per heavy atom.